The lowest BCUT2D eigenvalue weighted by Crippen LogP contribution is -2.48. The molecule has 0 bridgehead atoms. The topological polar surface area (TPSA) is 46.5 Å². The highest BCUT2D eigenvalue weighted by Crippen LogP contribution is 2.54. The van der Waals surface area contributed by atoms with Crippen molar-refractivity contribution in [2.24, 2.45) is 5.92 Å². The number of carbonyl (C=O) groups is 1. The zero-order chi connectivity index (χ0) is 12.8. The summed E-state index contributed by atoms with van der Waals surface area (Å²) in [6.07, 6.45) is 4.79. The van der Waals surface area contributed by atoms with Gasteiger partial charge >= 0.3 is 5.97 Å². The number of rotatable bonds is 2. The first-order valence-corrected chi connectivity index (χ1v) is 6.57. The summed E-state index contributed by atoms with van der Waals surface area (Å²) < 4.78 is 5.29. The van der Waals surface area contributed by atoms with Gasteiger partial charge in [0.15, 0.2) is 0 Å². The van der Waals surface area contributed by atoms with Crippen molar-refractivity contribution in [1.29, 1.82) is 0 Å². The van der Waals surface area contributed by atoms with Gasteiger partial charge in [-0.05, 0) is 48.9 Å². The molecule has 0 aromatic heterocycles. The van der Waals surface area contributed by atoms with Crippen LogP contribution in [0.1, 0.15) is 36.8 Å². The minimum absolute atomic E-state index is 0.117. The summed E-state index contributed by atoms with van der Waals surface area (Å²) in [5.74, 6) is -0.0138. The monoisotopic (exact) mass is 246 g/mol. The molecule has 18 heavy (non-hydrogen) atoms. The van der Waals surface area contributed by atoms with Crippen molar-refractivity contribution in [2.45, 2.75) is 37.5 Å². The lowest BCUT2D eigenvalue weighted by molar-refractivity contribution is -0.147. The molecule has 1 N–H and O–H groups in total. The fourth-order valence-electron chi connectivity index (χ4n) is 3.66. The molecule has 1 fully saturated rings. The summed E-state index contributed by atoms with van der Waals surface area (Å²) >= 11 is 0. The molecule has 1 aromatic carbocycles. The number of methoxy groups -OCH3 is 1. The standard InChI is InChI=1S/C15H18O3/c1-18-11-5-3-10-4-6-12(14(16)17)15(7-2-8-15)13(10)9-11/h3,5,9,12H,2,4,6-8H2,1H3,(H,16,17). The van der Waals surface area contributed by atoms with Crippen molar-refractivity contribution in [1.82, 2.24) is 0 Å². The number of aryl methyl sites for hydroxylation is 1. The van der Waals surface area contributed by atoms with Crippen LogP contribution in [0.5, 0.6) is 5.75 Å². The van der Waals surface area contributed by atoms with Crippen LogP contribution in [0.2, 0.25) is 0 Å². The third kappa shape index (κ3) is 1.46. The molecule has 1 atom stereocenters. The van der Waals surface area contributed by atoms with Gasteiger partial charge < -0.3 is 9.84 Å². The number of ether oxygens (including phenoxy) is 1. The number of hydrogen-bond donors (Lipinski definition) is 1. The van der Waals surface area contributed by atoms with E-state index in [0.717, 1.165) is 37.9 Å². The van der Waals surface area contributed by atoms with Crippen LogP contribution in [-0.2, 0) is 16.6 Å². The first-order valence-electron chi connectivity index (χ1n) is 6.57. The molecule has 1 spiro atoms. The van der Waals surface area contributed by atoms with Crippen LogP contribution in [0, 0.1) is 5.92 Å². The first kappa shape index (κ1) is 11.6. The molecule has 0 amide bonds. The molecule has 2 aliphatic rings. The predicted octanol–water partition coefficient (Wildman–Crippen LogP) is 2.76. The van der Waals surface area contributed by atoms with Gasteiger partial charge in [0.2, 0.25) is 0 Å². The van der Waals surface area contributed by atoms with Crippen molar-refractivity contribution in [2.75, 3.05) is 7.11 Å². The van der Waals surface area contributed by atoms with E-state index in [1.54, 1.807) is 7.11 Å². The Kier molecular flexibility index (Phi) is 2.58. The number of aliphatic carboxylic acids is 1. The molecule has 1 aromatic rings. The summed E-state index contributed by atoms with van der Waals surface area (Å²) in [4.78, 5) is 11.5. The molecule has 2 aliphatic carbocycles. The van der Waals surface area contributed by atoms with Crippen LogP contribution in [0.4, 0.5) is 0 Å². The third-order valence-electron chi connectivity index (χ3n) is 4.77. The summed E-state index contributed by atoms with van der Waals surface area (Å²) in [5.41, 5.74) is 2.42. The van der Waals surface area contributed by atoms with Crippen molar-refractivity contribution < 1.29 is 14.6 Å². The van der Waals surface area contributed by atoms with Gasteiger partial charge in [0.05, 0.1) is 13.0 Å². The molecule has 0 heterocycles. The molecule has 1 saturated carbocycles. The maximum Gasteiger partial charge on any atom is 0.307 e. The maximum absolute atomic E-state index is 11.5. The van der Waals surface area contributed by atoms with E-state index in [0.29, 0.717) is 0 Å². The number of benzene rings is 1. The van der Waals surface area contributed by atoms with E-state index < -0.39 is 5.97 Å². The highest BCUT2D eigenvalue weighted by Gasteiger charge is 2.51. The van der Waals surface area contributed by atoms with Gasteiger partial charge in [-0.1, -0.05) is 12.5 Å². The normalized spacial score (nSPS) is 24.2. The van der Waals surface area contributed by atoms with Gasteiger partial charge in [-0.3, -0.25) is 4.79 Å². The quantitative estimate of drug-likeness (QED) is 0.872. The molecule has 0 radical (unpaired) electrons. The third-order valence-corrected chi connectivity index (χ3v) is 4.77. The Morgan fingerprint density at radius 1 is 1.44 bits per heavy atom. The smallest absolute Gasteiger partial charge is 0.307 e. The average Bonchev–Trinajstić information content (AvgIpc) is 2.34. The highest BCUT2D eigenvalue weighted by molar-refractivity contribution is 5.74. The van der Waals surface area contributed by atoms with Gasteiger partial charge in [0, 0.05) is 5.41 Å². The number of carboxylic acids is 1. The molecular weight excluding hydrogens is 228 g/mol. The Balaban J connectivity index is 2.10. The average molecular weight is 246 g/mol. The largest absolute Gasteiger partial charge is 0.497 e. The van der Waals surface area contributed by atoms with E-state index in [1.807, 2.05) is 6.07 Å². The molecule has 0 aliphatic heterocycles. The Morgan fingerprint density at radius 2 is 2.22 bits per heavy atom. The van der Waals surface area contributed by atoms with E-state index in [1.165, 1.54) is 11.1 Å². The number of hydrogen-bond acceptors (Lipinski definition) is 2. The molecule has 1 unspecified atom stereocenters. The van der Waals surface area contributed by atoms with Crippen molar-refractivity contribution in [3.63, 3.8) is 0 Å². The van der Waals surface area contributed by atoms with Crippen LogP contribution in [0.25, 0.3) is 0 Å². The second-order valence-corrected chi connectivity index (χ2v) is 5.46. The van der Waals surface area contributed by atoms with E-state index in [4.69, 9.17) is 4.74 Å². The zero-order valence-electron chi connectivity index (χ0n) is 10.6. The van der Waals surface area contributed by atoms with Gasteiger partial charge in [-0.25, -0.2) is 0 Å². The molecule has 3 rings (SSSR count). The molecular formula is C15H18O3. The van der Waals surface area contributed by atoms with Gasteiger partial charge in [-0.15, -0.1) is 0 Å². The Hall–Kier alpha value is -1.51. The molecule has 0 saturated heterocycles. The van der Waals surface area contributed by atoms with Crippen molar-refractivity contribution >= 4 is 5.97 Å². The van der Waals surface area contributed by atoms with Crippen LogP contribution in [0.3, 0.4) is 0 Å². The van der Waals surface area contributed by atoms with Gasteiger partial charge in [0.1, 0.15) is 5.75 Å². The fraction of sp³-hybridized carbons (Fsp3) is 0.533. The molecule has 96 valence electrons. The second-order valence-electron chi connectivity index (χ2n) is 5.46. The Labute approximate surface area is 107 Å². The summed E-state index contributed by atoms with van der Waals surface area (Å²) in [6.45, 7) is 0. The SMILES string of the molecule is COc1ccc2c(c1)C1(CCC1)C(C(=O)O)CC2. The van der Waals surface area contributed by atoms with Gasteiger partial charge in [-0.2, -0.15) is 0 Å². The number of carboxylic acid groups (broad SMARTS) is 1. The fourth-order valence-corrected chi connectivity index (χ4v) is 3.66. The predicted molar refractivity (Wildman–Crippen MR) is 68.0 cm³/mol. The minimum atomic E-state index is -0.636. The second kappa shape index (κ2) is 4.01. The van der Waals surface area contributed by atoms with E-state index in [9.17, 15) is 9.90 Å². The minimum Gasteiger partial charge on any atom is -0.497 e. The van der Waals surface area contributed by atoms with Crippen molar-refractivity contribution in [3.05, 3.63) is 29.3 Å². The maximum atomic E-state index is 11.5. The van der Waals surface area contributed by atoms with Crippen LogP contribution in [0.15, 0.2) is 18.2 Å². The summed E-state index contributed by atoms with van der Waals surface area (Å²) in [6, 6.07) is 6.14. The molecule has 3 heteroatoms. The van der Waals surface area contributed by atoms with Crippen LogP contribution in [-0.4, -0.2) is 18.2 Å². The summed E-state index contributed by atoms with van der Waals surface area (Å²) in [7, 11) is 1.66. The highest BCUT2D eigenvalue weighted by atomic mass is 16.5. The number of fused-ring (bicyclic) bond motifs is 2. The van der Waals surface area contributed by atoms with E-state index in [2.05, 4.69) is 12.1 Å². The van der Waals surface area contributed by atoms with E-state index in [-0.39, 0.29) is 11.3 Å². The van der Waals surface area contributed by atoms with Crippen LogP contribution >= 0.6 is 0 Å². The lowest BCUT2D eigenvalue weighted by atomic mass is 9.53. The van der Waals surface area contributed by atoms with Crippen molar-refractivity contribution in [3.8, 4) is 5.75 Å². The van der Waals surface area contributed by atoms with E-state index >= 15 is 0 Å². The Morgan fingerprint density at radius 3 is 2.78 bits per heavy atom. The molecule has 3 nitrogen and oxygen atoms in total. The zero-order valence-corrected chi connectivity index (χ0v) is 10.6. The summed E-state index contributed by atoms with van der Waals surface area (Å²) in [5, 5.41) is 9.46. The lowest BCUT2D eigenvalue weighted by Gasteiger charge is -2.50. The first-order chi connectivity index (χ1) is 8.67. The van der Waals surface area contributed by atoms with Gasteiger partial charge in [0.25, 0.3) is 0 Å². The Bertz CT molecular complexity index is 489. The van der Waals surface area contributed by atoms with Crippen LogP contribution < -0.4 is 4.74 Å².